The van der Waals surface area contributed by atoms with Crippen LogP contribution in [0, 0.1) is 0 Å². The summed E-state index contributed by atoms with van der Waals surface area (Å²) >= 11 is 0. The van der Waals surface area contributed by atoms with E-state index in [-0.39, 0.29) is 5.91 Å². The SMILES string of the molecule is CNC(=O)C(C)(C)N(C)C. The third-order valence-electron chi connectivity index (χ3n) is 1.90. The lowest BCUT2D eigenvalue weighted by Crippen LogP contribution is -2.50. The van der Waals surface area contributed by atoms with E-state index in [1.807, 2.05) is 32.8 Å². The molecule has 60 valence electrons. The van der Waals surface area contributed by atoms with Crippen LogP contribution in [0.2, 0.25) is 0 Å². The summed E-state index contributed by atoms with van der Waals surface area (Å²) in [4.78, 5) is 13.0. The molecule has 0 atom stereocenters. The fourth-order valence-corrected chi connectivity index (χ4v) is 0.509. The summed E-state index contributed by atoms with van der Waals surface area (Å²) in [6.45, 7) is 3.76. The van der Waals surface area contributed by atoms with Gasteiger partial charge in [0.1, 0.15) is 0 Å². The monoisotopic (exact) mass is 144 g/mol. The van der Waals surface area contributed by atoms with Crippen molar-refractivity contribution in [2.45, 2.75) is 19.4 Å². The molecule has 3 heteroatoms. The molecule has 0 aliphatic rings. The van der Waals surface area contributed by atoms with Crippen molar-refractivity contribution in [2.75, 3.05) is 21.1 Å². The number of nitrogens with one attached hydrogen (secondary N) is 1. The van der Waals surface area contributed by atoms with E-state index < -0.39 is 5.54 Å². The number of likely N-dealkylation sites (N-methyl/N-ethyl adjacent to an activating group) is 2. The Morgan fingerprint density at radius 2 is 1.80 bits per heavy atom. The summed E-state index contributed by atoms with van der Waals surface area (Å²) in [7, 11) is 5.41. The summed E-state index contributed by atoms with van der Waals surface area (Å²) in [5.41, 5.74) is -0.408. The van der Waals surface area contributed by atoms with Gasteiger partial charge in [0.15, 0.2) is 0 Å². The molecule has 0 aromatic rings. The van der Waals surface area contributed by atoms with Gasteiger partial charge in [0, 0.05) is 7.05 Å². The van der Waals surface area contributed by atoms with Crippen molar-refractivity contribution in [3.05, 3.63) is 0 Å². The molecule has 0 aliphatic heterocycles. The molecule has 0 heterocycles. The van der Waals surface area contributed by atoms with Crippen LogP contribution in [-0.4, -0.2) is 37.5 Å². The van der Waals surface area contributed by atoms with Crippen LogP contribution >= 0.6 is 0 Å². The number of hydrogen-bond acceptors (Lipinski definition) is 2. The van der Waals surface area contributed by atoms with E-state index >= 15 is 0 Å². The van der Waals surface area contributed by atoms with Crippen LogP contribution in [0.3, 0.4) is 0 Å². The van der Waals surface area contributed by atoms with Gasteiger partial charge in [-0.15, -0.1) is 0 Å². The first-order valence-corrected chi connectivity index (χ1v) is 3.32. The van der Waals surface area contributed by atoms with E-state index in [4.69, 9.17) is 0 Å². The first-order chi connectivity index (χ1) is 4.42. The van der Waals surface area contributed by atoms with Crippen LogP contribution in [-0.2, 0) is 4.79 Å². The minimum Gasteiger partial charge on any atom is -0.358 e. The first-order valence-electron chi connectivity index (χ1n) is 3.32. The third-order valence-corrected chi connectivity index (χ3v) is 1.90. The highest BCUT2D eigenvalue weighted by molar-refractivity contribution is 5.84. The number of nitrogens with zero attached hydrogens (tertiary/aromatic N) is 1. The van der Waals surface area contributed by atoms with Gasteiger partial charge in [0.05, 0.1) is 5.54 Å². The Morgan fingerprint density at radius 1 is 1.40 bits per heavy atom. The van der Waals surface area contributed by atoms with E-state index in [1.54, 1.807) is 7.05 Å². The highest BCUT2D eigenvalue weighted by Gasteiger charge is 2.28. The van der Waals surface area contributed by atoms with Crippen LogP contribution in [0.1, 0.15) is 13.8 Å². The van der Waals surface area contributed by atoms with Crippen molar-refractivity contribution in [1.82, 2.24) is 10.2 Å². The molecule has 0 unspecified atom stereocenters. The van der Waals surface area contributed by atoms with Crippen molar-refractivity contribution in [2.24, 2.45) is 0 Å². The minimum atomic E-state index is -0.408. The largest absolute Gasteiger partial charge is 0.358 e. The third kappa shape index (κ3) is 1.70. The molecule has 0 bridgehead atoms. The number of carbonyl (C=O) groups is 1. The Morgan fingerprint density at radius 3 is 1.90 bits per heavy atom. The molecule has 0 saturated carbocycles. The van der Waals surface area contributed by atoms with Crippen molar-refractivity contribution in [3.63, 3.8) is 0 Å². The second kappa shape index (κ2) is 3.01. The fourth-order valence-electron chi connectivity index (χ4n) is 0.509. The molecule has 10 heavy (non-hydrogen) atoms. The summed E-state index contributed by atoms with van der Waals surface area (Å²) in [5.74, 6) is 0.0394. The zero-order valence-electron chi connectivity index (χ0n) is 7.36. The number of amides is 1. The number of hydrogen-bond donors (Lipinski definition) is 1. The molecule has 0 aromatic heterocycles. The zero-order chi connectivity index (χ0) is 8.36. The normalized spacial score (nSPS) is 11.8. The van der Waals surface area contributed by atoms with Crippen LogP contribution in [0.4, 0.5) is 0 Å². The van der Waals surface area contributed by atoms with Gasteiger partial charge in [-0.25, -0.2) is 0 Å². The Kier molecular flexibility index (Phi) is 2.84. The molecule has 1 amide bonds. The van der Waals surface area contributed by atoms with Gasteiger partial charge < -0.3 is 5.32 Å². The lowest BCUT2D eigenvalue weighted by atomic mass is 10.0. The van der Waals surface area contributed by atoms with Gasteiger partial charge >= 0.3 is 0 Å². The van der Waals surface area contributed by atoms with Crippen LogP contribution < -0.4 is 5.32 Å². The van der Waals surface area contributed by atoms with Gasteiger partial charge in [0.25, 0.3) is 0 Å². The van der Waals surface area contributed by atoms with Gasteiger partial charge in [-0.05, 0) is 27.9 Å². The second-order valence-electron chi connectivity index (χ2n) is 3.03. The first kappa shape index (κ1) is 9.43. The van der Waals surface area contributed by atoms with E-state index in [1.165, 1.54) is 0 Å². The van der Waals surface area contributed by atoms with Crippen molar-refractivity contribution < 1.29 is 4.79 Å². The van der Waals surface area contributed by atoms with E-state index in [9.17, 15) is 4.79 Å². The van der Waals surface area contributed by atoms with Gasteiger partial charge in [-0.1, -0.05) is 0 Å². The predicted molar refractivity (Wildman–Crippen MR) is 41.8 cm³/mol. The van der Waals surface area contributed by atoms with Crippen molar-refractivity contribution >= 4 is 5.91 Å². The lowest BCUT2D eigenvalue weighted by Gasteiger charge is -2.30. The van der Waals surface area contributed by atoms with E-state index in [2.05, 4.69) is 5.32 Å². The Labute approximate surface area is 62.4 Å². The average Bonchev–Trinajstić information content (AvgIpc) is 1.86. The lowest BCUT2D eigenvalue weighted by molar-refractivity contribution is -0.129. The van der Waals surface area contributed by atoms with Crippen LogP contribution in [0.5, 0.6) is 0 Å². The molecule has 1 N–H and O–H groups in total. The molecule has 3 nitrogen and oxygen atoms in total. The summed E-state index contributed by atoms with van der Waals surface area (Å²) < 4.78 is 0. The molecule has 0 rings (SSSR count). The average molecular weight is 144 g/mol. The number of rotatable bonds is 2. The molecule has 0 radical (unpaired) electrons. The Bertz CT molecular complexity index is 130. The smallest absolute Gasteiger partial charge is 0.239 e. The fraction of sp³-hybridized carbons (Fsp3) is 0.857. The maximum Gasteiger partial charge on any atom is 0.239 e. The van der Waals surface area contributed by atoms with Crippen molar-refractivity contribution in [3.8, 4) is 0 Å². The van der Waals surface area contributed by atoms with Crippen LogP contribution in [0.25, 0.3) is 0 Å². The second-order valence-corrected chi connectivity index (χ2v) is 3.03. The topological polar surface area (TPSA) is 32.3 Å². The van der Waals surface area contributed by atoms with Gasteiger partial charge in [-0.2, -0.15) is 0 Å². The summed E-state index contributed by atoms with van der Waals surface area (Å²) in [6, 6.07) is 0. The molecular weight excluding hydrogens is 128 g/mol. The van der Waals surface area contributed by atoms with Crippen molar-refractivity contribution in [1.29, 1.82) is 0 Å². The highest BCUT2D eigenvalue weighted by atomic mass is 16.2. The van der Waals surface area contributed by atoms with E-state index in [0.29, 0.717) is 0 Å². The Balaban J connectivity index is 4.24. The quantitative estimate of drug-likeness (QED) is 0.595. The van der Waals surface area contributed by atoms with Gasteiger partial charge in [0.2, 0.25) is 5.91 Å². The molecule has 0 aromatic carbocycles. The minimum absolute atomic E-state index is 0.0394. The maximum absolute atomic E-state index is 11.1. The zero-order valence-corrected chi connectivity index (χ0v) is 7.36. The predicted octanol–water partition coefficient (Wildman–Crippen LogP) is 0.0726. The Hall–Kier alpha value is -0.570. The van der Waals surface area contributed by atoms with Gasteiger partial charge in [-0.3, -0.25) is 9.69 Å². The maximum atomic E-state index is 11.1. The molecular formula is C7H16N2O. The van der Waals surface area contributed by atoms with E-state index in [0.717, 1.165) is 0 Å². The summed E-state index contributed by atoms with van der Waals surface area (Å²) in [5, 5.41) is 2.61. The molecule has 0 spiro atoms. The standard InChI is InChI=1S/C7H16N2O/c1-7(2,9(4)5)6(10)8-3/h1-5H3,(H,8,10). The van der Waals surface area contributed by atoms with Crippen LogP contribution in [0.15, 0.2) is 0 Å². The number of carbonyl (C=O) groups excluding carboxylic acids is 1. The molecule has 0 aliphatic carbocycles. The molecule has 0 fully saturated rings. The highest BCUT2D eigenvalue weighted by Crippen LogP contribution is 2.08. The molecule has 0 saturated heterocycles. The summed E-state index contributed by atoms with van der Waals surface area (Å²) in [6.07, 6.45) is 0.